The zero-order valence-corrected chi connectivity index (χ0v) is 9.01. The van der Waals surface area contributed by atoms with Gasteiger partial charge in [0.2, 0.25) is 0 Å². The number of hydrogen-bond acceptors (Lipinski definition) is 2. The van der Waals surface area contributed by atoms with E-state index >= 15 is 0 Å². The van der Waals surface area contributed by atoms with Crippen molar-refractivity contribution in [2.24, 2.45) is 0 Å². The van der Waals surface area contributed by atoms with Crippen LogP contribution in [0, 0.1) is 0 Å². The Morgan fingerprint density at radius 1 is 1.21 bits per heavy atom. The van der Waals surface area contributed by atoms with Gasteiger partial charge in [0.1, 0.15) is 12.2 Å². The number of allylic oxidation sites excluding steroid dienone is 3. The number of hydrogen-bond donors (Lipinski definition) is 0. The Morgan fingerprint density at radius 2 is 1.93 bits per heavy atom. The fourth-order valence-corrected chi connectivity index (χ4v) is 1.14. The van der Waals surface area contributed by atoms with Crippen molar-refractivity contribution in [2.75, 3.05) is 0 Å². The fraction of sp³-hybridized carbons (Fsp3) is 0.583. The van der Waals surface area contributed by atoms with Gasteiger partial charge in [-0.05, 0) is 45.1 Å². The minimum absolute atomic E-state index is 0.796. The van der Waals surface area contributed by atoms with Crippen molar-refractivity contribution in [3.8, 4) is 0 Å². The van der Waals surface area contributed by atoms with Crippen LogP contribution in [0.1, 0.15) is 46.0 Å². The molecule has 0 saturated carbocycles. The molecule has 0 amide bonds. The summed E-state index contributed by atoms with van der Waals surface area (Å²) in [4.78, 5) is 20.4. The van der Waals surface area contributed by atoms with Gasteiger partial charge in [-0.2, -0.15) is 0 Å². The van der Waals surface area contributed by atoms with Crippen LogP contribution in [0.15, 0.2) is 17.2 Å². The summed E-state index contributed by atoms with van der Waals surface area (Å²) in [5.41, 5.74) is 1.60. The number of aldehydes is 1. The quantitative estimate of drug-likeness (QED) is 0.270. The molecule has 0 aliphatic carbocycles. The third-order valence-corrected chi connectivity index (χ3v) is 2.08. The molecule has 14 heavy (non-hydrogen) atoms. The first kappa shape index (κ1) is 12.9. The van der Waals surface area contributed by atoms with Crippen molar-refractivity contribution < 1.29 is 9.59 Å². The fourth-order valence-electron chi connectivity index (χ4n) is 1.14. The molecular weight excluding hydrogens is 176 g/mol. The molecule has 0 saturated heterocycles. The van der Waals surface area contributed by atoms with E-state index < -0.39 is 0 Å². The first-order valence-electron chi connectivity index (χ1n) is 5.03. The van der Waals surface area contributed by atoms with E-state index in [0.29, 0.717) is 0 Å². The first-order valence-corrected chi connectivity index (χ1v) is 5.03. The van der Waals surface area contributed by atoms with E-state index in [9.17, 15) is 9.59 Å². The highest BCUT2D eigenvalue weighted by atomic mass is 16.1. The van der Waals surface area contributed by atoms with Crippen LogP contribution in [-0.2, 0) is 9.59 Å². The zero-order valence-electron chi connectivity index (χ0n) is 9.01. The molecule has 0 fully saturated rings. The minimum Gasteiger partial charge on any atom is -0.298 e. The highest BCUT2D eigenvalue weighted by Crippen LogP contribution is 2.08. The maximum Gasteiger partial charge on any atom is 0.145 e. The Morgan fingerprint density at radius 3 is 2.50 bits per heavy atom. The van der Waals surface area contributed by atoms with Gasteiger partial charge in [0.25, 0.3) is 0 Å². The Balaban J connectivity index is 3.39. The molecule has 0 unspecified atom stereocenters. The Labute approximate surface area is 85.7 Å². The zero-order chi connectivity index (χ0) is 10.8. The van der Waals surface area contributed by atoms with Crippen LogP contribution in [0.25, 0.3) is 0 Å². The van der Waals surface area contributed by atoms with Gasteiger partial charge in [-0.1, -0.05) is 12.5 Å². The summed E-state index contributed by atoms with van der Waals surface area (Å²) >= 11 is 0. The van der Waals surface area contributed by atoms with Crippen molar-refractivity contribution in [3.63, 3.8) is 0 Å². The van der Waals surface area contributed by atoms with E-state index in [2.05, 4.69) is 0 Å². The SMILES string of the molecule is CC(=C=O)CCCCCC=C(C)C=O. The predicted octanol–water partition coefficient (Wildman–Crippen LogP) is 2.86. The van der Waals surface area contributed by atoms with Crippen molar-refractivity contribution in [1.29, 1.82) is 0 Å². The van der Waals surface area contributed by atoms with Crippen LogP contribution in [0.3, 0.4) is 0 Å². The number of unbranched alkanes of at least 4 members (excludes halogenated alkanes) is 3. The molecule has 2 heteroatoms. The Bertz CT molecular complexity index is 245. The largest absolute Gasteiger partial charge is 0.298 e. The monoisotopic (exact) mass is 194 g/mol. The Kier molecular flexibility index (Phi) is 7.77. The van der Waals surface area contributed by atoms with Crippen molar-refractivity contribution >= 4 is 12.2 Å². The number of rotatable bonds is 7. The van der Waals surface area contributed by atoms with E-state index in [1.165, 1.54) is 0 Å². The molecule has 0 aromatic rings. The molecule has 0 aliphatic heterocycles. The lowest BCUT2D eigenvalue weighted by atomic mass is 10.1. The predicted molar refractivity (Wildman–Crippen MR) is 57.8 cm³/mol. The van der Waals surface area contributed by atoms with Gasteiger partial charge in [-0.25, -0.2) is 4.79 Å². The molecule has 0 atom stereocenters. The molecule has 0 bridgehead atoms. The molecule has 0 radical (unpaired) electrons. The topological polar surface area (TPSA) is 34.1 Å². The molecular formula is C12H18O2. The van der Waals surface area contributed by atoms with Gasteiger partial charge in [-0.15, -0.1) is 0 Å². The summed E-state index contributed by atoms with van der Waals surface area (Å²) in [6.45, 7) is 3.62. The summed E-state index contributed by atoms with van der Waals surface area (Å²) in [6, 6.07) is 0. The van der Waals surface area contributed by atoms with Gasteiger partial charge in [-0.3, -0.25) is 4.79 Å². The van der Waals surface area contributed by atoms with Gasteiger partial charge in [0.15, 0.2) is 0 Å². The van der Waals surface area contributed by atoms with Gasteiger partial charge in [0.05, 0.1) is 0 Å². The van der Waals surface area contributed by atoms with Crippen molar-refractivity contribution in [2.45, 2.75) is 46.0 Å². The van der Waals surface area contributed by atoms with Gasteiger partial charge >= 0.3 is 0 Å². The van der Waals surface area contributed by atoms with Crippen LogP contribution in [-0.4, -0.2) is 12.2 Å². The summed E-state index contributed by atoms with van der Waals surface area (Å²) in [5.74, 6) is 1.89. The lowest BCUT2D eigenvalue weighted by Crippen LogP contribution is -1.81. The third kappa shape index (κ3) is 7.51. The lowest BCUT2D eigenvalue weighted by molar-refractivity contribution is -0.104. The third-order valence-electron chi connectivity index (χ3n) is 2.08. The van der Waals surface area contributed by atoms with E-state index in [1.807, 2.05) is 25.9 Å². The van der Waals surface area contributed by atoms with Crippen LogP contribution in [0.5, 0.6) is 0 Å². The second kappa shape index (κ2) is 8.46. The second-order valence-corrected chi connectivity index (χ2v) is 3.55. The van der Waals surface area contributed by atoms with Gasteiger partial charge in [0, 0.05) is 5.57 Å². The molecule has 0 spiro atoms. The average Bonchev–Trinajstić information content (AvgIpc) is 2.22. The second-order valence-electron chi connectivity index (χ2n) is 3.55. The summed E-state index contributed by atoms with van der Waals surface area (Å²) in [6.07, 6.45) is 7.84. The summed E-state index contributed by atoms with van der Waals surface area (Å²) in [7, 11) is 0. The van der Waals surface area contributed by atoms with E-state index in [-0.39, 0.29) is 0 Å². The lowest BCUT2D eigenvalue weighted by Gasteiger charge is -1.97. The molecule has 0 aromatic heterocycles. The molecule has 0 N–H and O–H groups in total. The molecule has 78 valence electrons. The van der Waals surface area contributed by atoms with Crippen molar-refractivity contribution in [3.05, 3.63) is 17.2 Å². The highest BCUT2D eigenvalue weighted by molar-refractivity contribution is 5.71. The molecule has 0 aromatic carbocycles. The van der Waals surface area contributed by atoms with Crippen LogP contribution in [0.4, 0.5) is 0 Å². The first-order chi connectivity index (χ1) is 6.70. The minimum atomic E-state index is 0.796. The molecule has 2 nitrogen and oxygen atoms in total. The molecule has 0 heterocycles. The normalized spacial score (nSPS) is 10.9. The van der Waals surface area contributed by atoms with Crippen LogP contribution >= 0.6 is 0 Å². The van der Waals surface area contributed by atoms with E-state index in [4.69, 9.17) is 0 Å². The molecule has 0 rings (SSSR count). The van der Waals surface area contributed by atoms with Gasteiger partial charge < -0.3 is 0 Å². The standard InChI is InChI=1S/C12H18O2/c1-11(9-13)7-5-3-4-6-8-12(2)10-14/h7,9H,3-6,8H2,1-2H3. The van der Waals surface area contributed by atoms with Crippen molar-refractivity contribution in [1.82, 2.24) is 0 Å². The number of carbonyl (C=O) groups excluding carboxylic acids is 2. The van der Waals surface area contributed by atoms with E-state index in [1.54, 1.807) is 0 Å². The summed E-state index contributed by atoms with van der Waals surface area (Å²) in [5, 5.41) is 0. The molecule has 0 aliphatic rings. The highest BCUT2D eigenvalue weighted by Gasteiger charge is 1.92. The maximum absolute atomic E-state index is 10.2. The average molecular weight is 194 g/mol. The van der Waals surface area contributed by atoms with E-state index in [0.717, 1.165) is 49.5 Å². The maximum atomic E-state index is 10.2. The number of carbonyl (C=O) groups is 1. The smallest absolute Gasteiger partial charge is 0.145 e. The Hall–Kier alpha value is -1.14. The van der Waals surface area contributed by atoms with Crippen LogP contribution in [0.2, 0.25) is 0 Å². The van der Waals surface area contributed by atoms with Crippen LogP contribution < -0.4 is 0 Å². The summed E-state index contributed by atoms with van der Waals surface area (Å²) < 4.78 is 0.